The molecule has 0 aliphatic heterocycles. The van der Waals surface area contributed by atoms with E-state index >= 15 is 0 Å². The summed E-state index contributed by atoms with van der Waals surface area (Å²) in [5, 5.41) is 0. The highest BCUT2D eigenvalue weighted by Gasteiger charge is 2.07. The fourth-order valence-electron chi connectivity index (χ4n) is 0.543. The second-order valence-corrected chi connectivity index (χ2v) is 4.72. The minimum absolute atomic E-state index is 0.0575. The highest BCUT2D eigenvalue weighted by molar-refractivity contribution is 7.90. The standard InChI is InChI=1S/C6H12O4S/c1-6(10-5-7)3-4-11(2,8)9/h5-6H,3-4H2,1-2H3. The summed E-state index contributed by atoms with van der Waals surface area (Å²) in [4.78, 5) is 9.77. The van der Waals surface area contributed by atoms with Crippen LogP contribution in [0.25, 0.3) is 0 Å². The Morgan fingerprint density at radius 3 is 2.45 bits per heavy atom. The van der Waals surface area contributed by atoms with Crippen molar-refractivity contribution >= 4 is 16.3 Å². The van der Waals surface area contributed by atoms with Crippen LogP contribution in [-0.2, 0) is 19.4 Å². The molecule has 0 rings (SSSR count). The van der Waals surface area contributed by atoms with Crippen molar-refractivity contribution in [3.63, 3.8) is 0 Å². The van der Waals surface area contributed by atoms with E-state index in [1.54, 1.807) is 6.92 Å². The van der Waals surface area contributed by atoms with Gasteiger partial charge >= 0.3 is 0 Å². The predicted octanol–water partition coefficient (Wildman–Crippen LogP) is -0.0174. The molecule has 11 heavy (non-hydrogen) atoms. The number of ether oxygens (including phenoxy) is 1. The molecule has 0 aromatic rings. The Balaban J connectivity index is 3.62. The molecule has 1 atom stereocenters. The number of sulfone groups is 1. The van der Waals surface area contributed by atoms with Gasteiger partial charge in [0, 0.05) is 6.26 Å². The van der Waals surface area contributed by atoms with Gasteiger partial charge in [-0.1, -0.05) is 0 Å². The fourth-order valence-corrected chi connectivity index (χ4v) is 1.30. The maximum atomic E-state index is 10.6. The molecule has 0 heterocycles. The summed E-state index contributed by atoms with van der Waals surface area (Å²) < 4.78 is 25.7. The largest absolute Gasteiger partial charge is 0.465 e. The van der Waals surface area contributed by atoms with Crippen LogP contribution in [0.15, 0.2) is 0 Å². The highest BCUT2D eigenvalue weighted by atomic mass is 32.2. The number of hydrogen-bond donors (Lipinski definition) is 0. The quantitative estimate of drug-likeness (QED) is 0.558. The second-order valence-electron chi connectivity index (χ2n) is 2.46. The third-order valence-corrected chi connectivity index (χ3v) is 2.16. The van der Waals surface area contributed by atoms with Crippen molar-refractivity contribution in [1.29, 1.82) is 0 Å². The van der Waals surface area contributed by atoms with Crippen molar-refractivity contribution in [3.8, 4) is 0 Å². The van der Waals surface area contributed by atoms with E-state index in [9.17, 15) is 13.2 Å². The lowest BCUT2D eigenvalue weighted by atomic mass is 10.3. The minimum atomic E-state index is -2.93. The zero-order valence-electron chi connectivity index (χ0n) is 6.61. The molecule has 0 radical (unpaired) electrons. The third-order valence-electron chi connectivity index (χ3n) is 1.18. The molecular formula is C6H12O4S. The molecule has 0 aromatic heterocycles. The molecule has 0 fully saturated rings. The molecule has 0 spiro atoms. The minimum Gasteiger partial charge on any atom is -0.465 e. The van der Waals surface area contributed by atoms with Gasteiger partial charge < -0.3 is 4.74 Å². The molecule has 0 amide bonds. The molecule has 0 N–H and O–H groups in total. The molecule has 1 unspecified atom stereocenters. The van der Waals surface area contributed by atoms with Gasteiger partial charge in [-0.3, -0.25) is 4.79 Å². The summed E-state index contributed by atoms with van der Waals surface area (Å²) in [6.07, 6.45) is 1.19. The van der Waals surface area contributed by atoms with E-state index in [4.69, 9.17) is 0 Å². The Morgan fingerprint density at radius 1 is 1.55 bits per heavy atom. The zero-order valence-corrected chi connectivity index (χ0v) is 7.43. The molecular weight excluding hydrogens is 168 g/mol. The first kappa shape index (κ1) is 10.4. The molecule has 0 saturated carbocycles. The Hall–Kier alpha value is -0.580. The molecule has 0 bridgehead atoms. The van der Waals surface area contributed by atoms with Crippen molar-refractivity contribution in [2.75, 3.05) is 12.0 Å². The van der Waals surface area contributed by atoms with Gasteiger partial charge in [0.05, 0.1) is 11.9 Å². The summed E-state index contributed by atoms with van der Waals surface area (Å²) in [6.45, 7) is 1.98. The van der Waals surface area contributed by atoms with Crippen LogP contribution in [0.4, 0.5) is 0 Å². The highest BCUT2D eigenvalue weighted by Crippen LogP contribution is 1.97. The van der Waals surface area contributed by atoms with Crippen LogP contribution in [0.3, 0.4) is 0 Å². The van der Waals surface area contributed by atoms with Gasteiger partial charge in [0.1, 0.15) is 9.84 Å². The number of carbonyl (C=O) groups excluding carboxylic acids is 1. The van der Waals surface area contributed by atoms with Crippen LogP contribution < -0.4 is 0 Å². The molecule has 0 aliphatic rings. The molecule has 66 valence electrons. The van der Waals surface area contributed by atoms with Gasteiger partial charge in [0.25, 0.3) is 6.47 Å². The van der Waals surface area contributed by atoms with Gasteiger partial charge in [0.2, 0.25) is 0 Å². The number of rotatable bonds is 5. The first-order valence-corrected chi connectivity index (χ1v) is 5.28. The fraction of sp³-hybridized carbons (Fsp3) is 0.833. The first-order chi connectivity index (χ1) is 4.95. The summed E-state index contributed by atoms with van der Waals surface area (Å²) in [7, 11) is -2.93. The lowest BCUT2D eigenvalue weighted by Crippen LogP contribution is -2.13. The second kappa shape index (κ2) is 4.33. The third kappa shape index (κ3) is 7.32. The maximum Gasteiger partial charge on any atom is 0.293 e. The topological polar surface area (TPSA) is 60.4 Å². The molecule has 5 heteroatoms. The first-order valence-electron chi connectivity index (χ1n) is 3.22. The average molecular weight is 180 g/mol. The van der Waals surface area contributed by atoms with Gasteiger partial charge in [-0.05, 0) is 13.3 Å². The maximum absolute atomic E-state index is 10.6. The predicted molar refractivity (Wildman–Crippen MR) is 40.9 cm³/mol. The summed E-state index contributed by atoms with van der Waals surface area (Å²) in [5.74, 6) is 0.0575. The lowest BCUT2D eigenvalue weighted by molar-refractivity contribution is -0.132. The van der Waals surface area contributed by atoms with E-state index < -0.39 is 9.84 Å². The van der Waals surface area contributed by atoms with E-state index in [1.165, 1.54) is 0 Å². The summed E-state index contributed by atoms with van der Waals surface area (Å²) in [5.41, 5.74) is 0. The lowest BCUT2D eigenvalue weighted by Gasteiger charge is -2.06. The van der Waals surface area contributed by atoms with Crippen molar-refractivity contribution in [2.45, 2.75) is 19.4 Å². The van der Waals surface area contributed by atoms with E-state index in [-0.39, 0.29) is 11.9 Å². The Bertz CT molecular complexity index is 207. The van der Waals surface area contributed by atoms with Crippen molar-refractivity contribution in [2.24, 2.45) is 0 Å². The van der Waals surface area contributed by atoms with Crippen molar-refractivity contribution in [3.05, 3.63) is 0 Å². The van der Waals surface area contributed by atoms with Gasteiger partial charge in [-0.25, -0.2) is 8.42 Å². The van der Waals surface area contributed by atoms with Crippen molar-refractivity contribution < 1.29 is 17.9 Å². The van der Waals surface area contributed by atoms with E-state index in [2.05, 4.69) is 4.74 Å². The molecule has 4 nitrogen and oxygen atoms in total. The Kier molecular flexibility index (Phi) is 4.10. The van der Waals surface area contributed by atoms with Gasteiger partial charge in [-0.2, -0.15) is 0 Å². The van der Waals surface area contributed by atoms with Crippen LogP contribution in [0.5, 0.6) is 0 Å². The molecule has 0 aliphatic carbocycles. The normalized spacial score (nSPS) is 14.0. The van der Waals surface area contributed by atoms with E-state index in [0.717, 1.165) is 6.26 Å². The SMILES string of the molecule is CC(CCS(C)(=O)=O)OC=O. The van der Waals surface area contributed by atoms with Crippen LogP contribution in [-0.4, -0.2) is 33.0 Å². The number of hydrogen-bond acceptors (Lipinski definition) is 4. The van der Waals surface area contributed by atoms with E-state index in [0.29, 0.717) is 12.9 Å². The van der Waals surface area contributed by atoms with Gasteiger partial charge in [-0.15, -0.1) is 0 Å². The zero-order chi connectivity index (χ0) is 8.91. The number of carbonyl (C=O) groups is 1. The summed E-state index contributed by atoms with van der Waals surface area (Å²) in [6, 6.07) is 0. The Labute approximate surface area is 66.5 Å². The van der Waals surface area contributed by atoms with E-state index in [1.807, 2.05) is 0 Å². The summed E-state index contributed by atoms with van der Waals surface area (Å²) >= 11 is 0. The van der Waals surface area contributed by atoms with Crippen LogP contribution in [0.2, 0.25) is 0 Å². The Morgan fingerprint density at radius 2 is 2.09 bits per heavy atom. The van der Waals surface area contributed by atoms with Crippen LogP contribution >= 0.6 is 0 Å². The van der Waals surface area contributed by atoms with Gasteiger partial charge in [0.15, 0.2) is 0 Å². The monoisotopic (exact) mass is 180 g/mol. The average Bonchev–Trinajstić information content (AvgIpc) is 1.83. The van der Waals surface area contributed by atoms with Crippen LogP contribution in [0, 0.1) is 0 Å². The van der Waals surface area contributed by atoms with Crippen molar-refractivity contribution in [1.82, 2.24) is 0 Å². The molecule has 0 aromatic carbocycles. The smallest absolute Gasteiger partial charge is 0.293 e. The van der Waals surface area contributed by atoms with Crippen LogP contribution in [0.1, 0.15) is 13.3 Å². The molecule has 0 saturated heterocycles.